The van der Waals surface area contributed by atoms with E-state index in [1.54, 1.807) is 12.1 Å². The molecule has 1 aliphatic heterocycles. The maximum Gasteiger partial charge on any atom is 0.242 e. The van der Waals surface area contributed by atoms with Gasteiger partial charge in [-0.2, -0.15) is 0 Å². The number of benzene rings is 1. The lowest BCUT2D eigenvalue weighted by molar-refractivity contribution is 0.145. The highest BCUT2D eigenvalue weighted by Crippen LogP contribution is 2.29. The molecule has 0 bridgehead atoms. The molecule has 2 aliphatic rings. The number of hydrogen-bond acceptors (Lipinski definition) is 4. The van der Waals surface area contributed by atoms with Crippen LogP contribution in [0.1, 0.15) is 25.7 Å². The fourth-order valence-corrected chi connectivity index (χ4v) is 4.07. The zero-order chi connectivity index (χ0) is 14.2. The van der Waals surface area contributed by atoms with Gasteiger partial charge in [0.2, 0.25) is 10.0 Å². The van der Waals surface area contributed by atoms with Crippen LogP contribution < -0.4 is 9.62 Å². The first-order valence-corrected chi connectivity index (χ1v) is 8.59. The molecule has 0 atom stereocenters. The smallest absolute Gasteiger partial charge is 0.242 e. The van der Waals surface area contributed by atoms with Gasteiger partial charge < -0.3 is 10.0 Å². The van der Waals surface area contributed by atoms with Crippen molar-refractivity contribution in [3.05, 3.63) is 24.3 Å². The number of anilines is 1. The summed E-state index contributed by atoms with van der Waals surface area (Å²) in [5, 5.41) is 9.57. The summed E-state index contributed by atoms with van der Waals surface area (Å²) in [5.74, 6) is 0. The SMILES string of the molecule is O=S(=O)(NC1CC1)c1ccccc1N1CCC(O)CC1. The average Bonchev–Trinajstić information content (AvgIpc) is 3.23. The Hall–Kier alpha value is -1.11. The largest absolute Gasteiger partial charge is 0.393 e. The number of rotatable bonds is 4. The van der Waals surface area contributed by atoms with Crippen LogP contribution in [0.5, 0.6) is 0 Å². The Morgan fingerprint density at radius 2 is 1.75 bits per heavy atom. The van der Waals surface area contributed by atoms with Gasteiger partial charge in [-0.3, -0.25) is 0 Å². The van der Waals surface area contributed by atoms with E-state index >= 15 is 0 Å². The summed E-state index contributed by atoms with van der Waals surface area (Å²) in [7, 11) is -3.44. The first-order chi connectivity index (χ1) is 9.56. The van der Waals surface area contributed by atoms with Crippen molar-refractivity contribution in [1.29, 1.82) is 0 Å². The predicted molar refractivity (Wildman–Crippen MR) is 77.2 cm³/mol. The Morgan fingerprint density at radius 3 is 2.40 bits per heavy atom. The van der Waals surface area contributed by atoms with Crippen LogP contribution in [0.3, 0.4) is 0 Å². The fraction of sp³-hybridized carbons (Fsp3) is 0.571. The Labute approximate surface area is 119 Å². The van der Waals surface area contributed by atoms with E-state index in [2.05, 4.69) is 4.72 Å². The van der Waals surface area contributed by atoms with E-state index in [0.29, 0.717) is 30.8 Å². The number of aliphatic hydroxyl groups excluding tert-OH is 1. The summed E-state index contributed by atoms with van der Waals surface area (Å²) in [6, 6.07) is 7.22. The minimum absolute atomic E-state index is 0.108. The van der Waals surface area contributed by atoms with Crippen LogP contribution in [-0.4, -0.2) is 38.8 Å². The Kier molecular flexibility index (Phi) is 3.70. The maximum absolute atomic E-state index is 12.4. The third-order valence-electron chi connectivity index (χ3n) is 3.86. The van der Waals surface area contributed by atoms with E-state index in [4.69, 9.17) is 0 Å². The summed E-state index contributed by atoms with van der Waals surface area (Å²) in [5.41, 5.74) is 0.743. The van der Waals surface area contributed by atoms with E-state index in [1.165, 1.54) is 0 Å². The zero-order valence-electron chi connectivity index (χ0n) is 11.3. The van der Waals surface area contributed by atoms with Crippen molar-refractivity contribution in [1.82, 2.24) is 4.72 Å². The molecule has 0 radical (unpaired) electrons. The molecule has 1 aromatic rings. The first-order valence-electron chi connectivity index (χ1n) is 7.10. The maximum atomic E-state index is 12.4. The van der Waals surface area contributed by atoms with Crippen LogP contribution in [0.2, 0.25) is 0 Å². The lowest BCUT2D eigenvalue weighted by Gasteiger charge is -2.32. The lowest BCUT2D eigenvalue weighted by Crippen LogP contribution is -2.37. The van der Waals surface area contributed by atoms with Crippen molar-refractivity contribution >= 4 is 15.7 Å². The van der Waals surface area contributed by atoms with Crippen LogP contribution in [0.15, 0.2) is 29.2 Å². The second-order valence-electron chi connectivity index (χ2n) is 5.58. The van der Waals surface area contributed by atoms with E-state index < -0.39 is 10.0 Å². The summed E-state index contributed by atoms with van der Waals surface area (Å²) in [6.45, 7) is 1.38. The van der Waals surface area contributed by atoms with E-state index in [1.807, 2.05) is 17.0 Å². The van der Waals surface area contributed by atoms with Gasteiger partial charge in [-0.1, -0.05) is 12.1 Å². The molecular formula is C14H20N2O3S. The van der Waals surface area contributed by atoms with Crippen LogP contribution in [0, 0.1) is 0 Å². The van der Waals surface area contributed by atoms with Crippen molar-refractivity contribution < 1.29 is 13.5 Å². The van der Waals surface area contributed by atoms with Gasteiger partial charge in [-0.05, 0) is 37.8 Å². The number of nitrogens with one attached hydrogen (secondary N) is 1. The van der Waals surface area contributed by atoms with Gasteiger partial charge in [0.15, 0.2) is 0 Å². The Balaban J connectivity index is 1.87. The molecule has 2 fully saturated rings. The highest BCUT2D eigenvalue weighted by molar-refractivity contribution is 7.89. The van der Waals surface area contributed by atoms with Gasteiger partial charge >= 0.3 is 0 Å². The highest BCUT2D eigenvalue weighted by atomic mass is 32.2. The standard InChI is InChI=1S/C14H20N2O3S/c17-12-7-9-16(10-8-12)13-3-1-2-4-14(13)20(18,19)15-11-5-6-11/h1-4,11-12,15,17H,5-10H2. The first kappa shape index (κ1) is 13.9. The normalized spacial score (nSPS) is 21.1. The molecule has 0 unspecified atom stereocenters. The van der Waals surface area contributed by atoms with E-state index in [9.17, 15) is 13.5 Å². The lowest BCUT2D eigenvalue weighted by atomic mass is 10.1. The van der Waals surface area contributed by atoms with Crippen molar-refractivity contribution in [3.63, 3.8) is 0 Å². The van der Waals surface area contributed by atoms with Gasteiger partial charge in [-0.25, -0.2) is 13.1 Å². The minimum Gasteiger partial charge on any atom is -0.393 e. The third-order valence-corrected chi connectivity index (χ3v) is 5.43. The molecule has 1 heterocycles. The molecule has 5 nitrogen and oxygen atoms in total. The van der Waals surface area contributed by atoms with E-state index in [-0.39, 0.29) is 12.1 Å². The van der Waals surface area contributed by atoms with Crippen molar-refractivity contribution in [2.45, 2.75) is 42.7 Å². The van der Waals surface area contributed by atoms with Crippen molar-refractivity contribution in [2.75, 3.05) is 18.0 Å². The molecule has 1 saturated carbocycles. The minimum atomic E-state index is -3.44. The Morgan fingerprint density at radius 1 is 1.10 bits per heavy atom. The van der Waals surface area contributed by atoms with Crippen molar-refractivity contribution in [2.24, 2.45) is 0 Å². The summed E-state index contributed by atoms with van der Waals surface area (Å²) < 4.78 is 27.6. The summed E-state index contributed by atoms with van der Waals surface area (Å²) in [6.07, 6.45) is 2.96. The molecule has 20 heavy (non-hydrogen) atoms. The number of hydrogen-bond donors (Lipinski definition) is 2. The topological polar surface area (TPSA) is 69.6 Å². The van der Waals surface area contributed by atoms with Crippen LogP contribution in [0.4, 0.5) is 5.69 Å². The number of sulfonamides is 1. The fourth-order valence-electron chi connectivity index (χ4n) is 2.54. The molecule has 3 rings (SSSR count). The number of nitrogens with zero attached hydrogens (tertiary/aromatic N) is 1. The molecule has 1 aliphatic carbocycles. The van der Waals surface area contributed by atoms with Gasteiger partial charge in [0.1, 0.15) is 4.90 Å². The molecule has 0 spiro atoms. The molecule has 2 N–H and O–H groups in total. The molecule has 0 aromatic heterocycles. The molecule has 110 valence electrons. The van der Waals surface area contributed by atoms with Gasteiger partial charge in [0.05, 0.1) is 11.8 Å². The second kappa shape index (κ2) is 5.35. The van der Waals surface area contributed by atoms with Gasteiger partial charge in [0.25, 0.3) is 0 Å². The second-order valence-corrected chi connectivity index (χ2v) is 7.26. The van der Waals surface area contributed by atoms with Gasteiger partial charge in [0, 0.05) is 19.1 Å². The average molecular weight is 296 g/mol. The molecule has 1 aromatic carbocycles. The van der Waals surface area contributed by atoms with E-state index in [0.717, 1.165) is 18.5 Å². The number of piperidine rings is 1. The zero-order valence-corrected chi connectivity index (χ0v) is 12.1. The molecule has 6 heteroatoms. The molecule has 0 amide bonds. The molecular weight excluding hydrogens is 276 g/mol. The van der Waals surface area contributed by atoms with Crippen LogP contribution in [0.25, 0.3) is 0 Å². The summed E-state index contributed by atoms with van der Waals surface area (Å²) in [4.78, 5) is 2.40. The third kappa shape index (κ3) is 2.97. The Bertz CT molecular complexity index is 576. The summed E-state index contributed by atoms with van der Waals surface area (Å²) >= 11 is 0. The number of aliphatic hydroxyl groups is 1. The number of para-hydroxylation sites is 1. The highest BCUT2D eigenvalue weighted by Gasteiger charge is 2.30. The van der Waals surface area contributed by atoms with Crippen LogP contribution >= 0.6 is 0 Å². The quantitative estimate of drug-likeness (QED) is 0.872. The monoisotopic (exact) mass is 296 g/mol. The van der Waals surface area contributed by atoms with Crippen LogP contribution in [-0.2, 0) is 10.0 Å². The molecule has 1 saturated heterocycles. The predicted octanol–water partition coefficient (Wildman–Crippen LogP) is 1.09. The van der Waals surface area contributed by atoms with Crippen molar-refractivity contribution in [3.8, 4) is 0 Å². The van der Waals surface area contributed by atoms with Gasteiger partial charge in [-0.15, -0.1) is 0 Å².